The first-order valence-electron chi connectivity index (χ1n) is 3.57. The van der Waals surface area contributed by atoms with Crippen molar-refractivity contribution in [3.63, 3.8) is 0 Å². The molecule has 0 spiro atoms. The first kappa shape index (κ1) is 12.7. The van der Waals surface area contributed by atoms with Gasteiger partial charge in [-0.05, 0) is 28.1 Å². The van der Waals surface area contributed by atoms with Gasteiger partial charge in [-0.3, -0.25) is 4.72 Å². The Morgan fingerprint density at radius 2 is 2.00 bits per heavy atom. The molecule has 0 saturated carbocycles. The third-order valence-electron chi connectivity index (χ3n) is 1.44. The lowest BCUT2D eigenvalue weighted by Gasteiger charge is -2.07. The monoisotopic (exact) mass is 319 g/mol. The van der Waals surface area contributed by atoms with Crippen LogP contribution in [0.1, 0.15) is 0 Å². The van der Waals surface area contributed by atoms with Gasteiger partial charge in [-0.2, -0.15) is 0 Å². The van der Waals surface area contributed by atoms with E-state index in [0.717, 1.165) is 12.1 Å². The highest BCUT2D eigenvalue weighted by Crippen LogP contribution is 2.26. The number of hydrogen-bond acceptors (Lipinski definition) is 2. The van der Waals surface area contributed by atoms with Crippen molar-refractivity contribution in [2.24, 2.45) is 0 Å². The van der Waals surface area contributed by atoms with Crippen LogP contribution in [-0.2, 0) is 10.0 Å². The van der Waals surface area contributed by atoms with Crippen molar-refractivity contribution in [2.45, 2.75) is 0 Å². The largest absolute Gasteiger partial charge is 0.280 e. The highest BCUT2D eigenvalue weighted by atomic mass is 79.9. The number of halogens is 4. The van der Waals surface area contributed by atoms with Crippen molar-refractivity contribution in [3.05, 3.63) is 28.2 Å². The molecule has 1 N–H and O–H groups in total. The molecule has 0 bridgehead atoms. The average Bonchev–Trinajstić information content (AvgIpc) is 2.19. The van der Waals surface area contributed by atoms with Crippen LogP contribution in [0.4, 0.5) is 14.5 Å². The zero-order valence-corrected chi connectivity index (χ0v) is 10.3. The van der Waals surface area contributed by atoms with Gasteiger partial charge in [-0.1, -0.05) is 0 Å². The summed E-state index contributed by atoms with van der Waals surface area (Å²) in [7, 11) is -3.79. The van der Waals surface area contributed by atoms with E-state index >= 15 is 0 Å². The molecule has 15 heavy (non-hydrogen) atoms. The predicted octanol–water partition coefficient (Wildman–Crippen LogP) is 2.67. The van der Waals surface area contributed by atoms with Crippen LogP contribution in [-0.4, -0.2) is 13.6 Å². The van der Waals surface area contributed by atoms with Crippen LogP contribution < -0.4 is 4.72 Å². The second kappa shape index (κ2) is 4.63. The number of hydrogen-bond donors (Lipinski definition) is 1. The molecule has 1 rings (SSSR count). The van der Waals surface area contributed by atoms with E-state index in [-0.39, 0.29) is 5.69 Å². The fourth-order valence-electron chi connectivity index (χ4n) is 0.800. The van der Waals surface area contributed by atoms with Gasteiger partial charge in [0.25, 0.3) is 0 Å². The van der Waals surface area contributed by atoms with Gasteiger partial charge in [0.1, 0.15) is 11.0 Å². The van der Waals surface area contributed by atoms with Gasteiger partial charge in [0.2, 0.25) is 10.0 Å². The molecule has 0 aliphatic rings. The fourth-order valence-corrected chi connectivity index (χ4v) is 1.86. The molecule has 0 aliphatic heterocycles. The zero-order valence-electron chi connectivity index (χ0n) is 7.10. The van der Waals surface area contributed by atoms with Crippen molar-refractivity contribution in [1.29, 1.82) is 0 Å². The quantitative estimate of drug-likeness (QED) is 0.687. The molecular formula is C7H5BrClF2NO2S. The molecule has 3 nitrogen and oxygen atoms in total. The molecule has 84 valence electrons. The number of rotatable bonds is 3. The van der Waals surface area contributed by atoms with Crippen molar-refractivity contribution in [3.8, 4) is 0 Å². The molecule has 0 aromatic heterocycles. The number of anilines is 1. The number of benzene rings is 1. The summed E-state index contributed by atoms with van der Waals surface area (Å²) in [5, 5.41) is -0.707. The van der Waals surface area contributed by atoms with Gasteiger partial charge in [-0.25, -0.2) is 17.2 Å². The van der Waals surface area contributed by atoms with Crippen molar-refractivity contribution >= 4 is 43.2 Å². The smallest absolute Gasteiger partial charge is 0.246 e. The van der Waals surface area contributed by atoms with Crippen LogP contribution >= 0.6 is 27.5 Å². The molecule has 0 fully saturated rings. The summed E-state index contributed by atoms with van der Waals surface area (Å²) in [4.78, 5) is 0. The van der Waals surface area contributed by atoms with Crippen LogP contribution in [0.3, 0.4) is 0 Å². The molecule has 8 heteroatoms. The third kappa shape index (κ3) is 3.02. The minimum Gasteiger partial charge on any atom is -0.280 e. The standard InChI is InChI=1S/C7H5BrClF2NO2S/c8-6-4(10)1-2-5(7(6)11)12-15(13,14)3-9/h1-2,12H,3H2. The van der Waals surface area contributed by atoms with Crippen molar-refractivity contribution in [1.82, 2.24) is 0 Å². The Labute approximate surface area is 98.6 Å². The molecule has 1 aromatic carbocycles. The highest BCUT2D eigenvalue weighted by Gasteiger charge is 2.15. The predicted molar refractivity (Wildman–Crippen MR) is 57.3 cm³/mol. The maximum Gasteiger partial charge on any atom is 0.246 e. The molecule has 0 unspecified atom stereocenters. The summed E-state index contributed by atoms with van der Waals surface area (Å²) in [6.07, 6.45) is 0. The van der Waals surface area contributed by atoms with E-state index in [4.69, 9.17) is 11.6 Å². The molecule has 0 heterocycles. The minimum absolute atomic E-state index is 0.357. The summed E-state index contributed by atoms with van der Waals surface area (Å²) in [6, 6.07) is 1.90. The Morgan fingerprint density at radius 3 is 2.53 bits per heavy atom. The summed E-state index contributed by atoms with van der Waals surface area (Å²) < 4.78 is 49.5. The Balaban J connectivity index is 3.13. The van der Waals surface area contributed by atoms with E-state index in [2.05, 4.69) is 15.9 Å². The van der Waals surface area contributed by atoms with Gasteiger partial charge in [-0.15, -0.1) is 11.6 Å². The molecule has 0 radical (unpaired) electrons. The maximum absolute atomic E-state index is 13.3. The summed E-state index contributed by atoms with van der Waals surface area (Å²) in [6.45, 7) is 0. The molecule has 1 aromatic rings. The Kier molecular flexibility index (Phi) is 3.91. The molecule has 0 atom stereocenters. The summed E-state index contributed by atoms with van der Waals surface area (Å²) in [5.41, 5.74) is -0.357. The Morgan fingerprint density at radius 1 is 1.40 bits per heavy atom. The second-order valence-corrected chi connectivity index (χ2v) is 5.65. The van der Waals surface area contributed by atoms with E-state index < -0.39 is 31.3 Å². The topological polar surface area (TPSA) is 46.2 Å². The zero-order chi connectivity index (χ0) is 11.6. The van der Waals surface area contributed by atoms with E-state index in [1.165, 1.54) is 0 Å². The normalized spacial score (nSPS) is 11.5. The summed E-state index contributed by atoms with van der Waals surface area (Å²) >= 11 is 7.75. The molecular weight excluding hydrogens is 316 g/mol. The maximum atomic E-state index is 13.3. The fraction of sp³-hybridized carbons (Fsp3) is 0.143. The Bertz CT molecular complexity index is 480. The average molecular weight is 321 g/mol. The van der Waals surface area contributed by atoms with Crippen molar-refractivity contribution in [2.75, 3.05) is 9.93 Å². The summed E-state index contributed by atoms with van der Waals surface area (Å²) in [5.74, 6) is -1.84. The Hall–Kier alpha value is -0.400. The van der Waals surface area contributed by atoms with Crippen LogP contribution in [0, 0.1) is 11.6 Å². The van der Waals surface area contributed by atoms with E-state index in [1.54, 1.807) is 0 Å². The molecule has 0 saturated heterocycles. The van der Waals surface area contributed by atoms with E-state index in [9.17, 15) is 17.2 Å². The van der Waals surface area contributed by atoms with Gasteiger partial charge in [0.05, 0.1) is 10.2 Å². The number of sulfonamides is 1. The number of alkyl halides is 1. The lowest BCUT2D eigenvalue weighted by atomic mass is 10.3. The van der Waals surface area contributed by atoms with Gasteiger partial charge < -0.3 is 0 Å². The first-order valence-corrected chi connectivity index (χ1v) is 6.55. The lowest BCUT2D eigenvalue weighted by molar-refractivity contribution is 0.573. The van der Waals surface area contributed by atoms with Crippen molar-refractivity contribution < 1.29 is 17.2 Å². The highest BCUT2D eigenvalue weighted by molar-refractivity contribution is 9.10. The number of nitrogens with one attached hydrogen (secondary N) is 1. The van der Waals surface area contributed by atoms with Crippen LogP contribution in [0.2, 0.25) is 0 Å². The van der Waals surface area contributed by atoms with Gasteiger partial charge in [0.15, 0.2) is 5.82 Å². The first-order chi connectivity index (χ1) is 6.87. The van der Waals surface area contributed by atoms with Gasteiger partial charge >= 0.3 is 0 Å². The lowest BCUT2D eigenvalue weighted by Crippen LogP contribution is -2.14. The van der Waals surface area contributed by atoms with Crippen LogP contribution in [0.15, 0.2) is 16.6 Å². The SMILES string of the molecule is O=S(=O)(CCl)Nc1ccc(F)c(Br)c1F. The molecule has 0 aliphatic carbocycles. The van der Waals surface area contributed by atoms with E-state index in [0.29, 0.717) is 0 Å². The van der Waals surface area contributed by atoms with Crippen LogP contribution in [0.25, 0.3) is 0 Å². The minimum atomic E-state index is -3.79. The van der Waals surface area contributed by atoms with Crippen LogP contribution in [0.5, 0.6) is 0 Å². The van der Waals surface area contributed by atoms with Gasteiger partial charge in [0, 0.05) is 0 Å². The third-order valence-corrected chi connectivity index (χ3v) is 3.85. The van der Waals surface area contributed by atoms with E-state index in [1.807, 2.05) is 4.72 Å². The second-order valence-electron chi connectivity index (χ2n) is 2.55. The molecule has 0 amide bonds.